The van der Waals surface area contributed by atoms with Gasteiger partial charge in [0.15, 0.2) is 5.65 Å². The van der Waals surface area contributed by atoms with Gasteiger partial charge in [-0.05, 0) is 37.5 Å². The Labute approximate surface area is 94.3 Å². The van der Waals surface area contributed by atoms with Gasteiger partial charge in [0, 0.05) is 25.3 Å². The van der Waals surface area contributed by atoms with Crippen LogP contribution in [0.4, 0.5) is 0 Å². The van der Waals surface area contributed by atoms with Crippen molar-refractivity contribution >= 4 is 5.65 Å². The van der Waals surface area contributed by atoms with Gasteiger partial charge in [0.05, 0.1) is 0 Å². The van der Waals surface area contributed by atoms with Crippen LogP contribution in [0.1, 0.15) is 30.1 Å². The van der Waals surface area contributed by atoms with Gasteiger partial charge in [-0.15, -0.1) is 10.2 Å². The van der Waals surface area contributed by atoms with Crippen LogP contribution in [0.5, 0.6) is 0 Å². The first kappa shape index (κ1) is 9.78. The van der Waals surface area contributed by atoms with E-state index in [4.69, 9.17) is 4.74 Å². The van der Waals surface area contributed by atoms with E-state index < -0.39 is 0 Å². The van der Waals surface area contributed by atoms with Crippen molar-refractivity contribution in [1.29, 1.82) is 0 Å². The SMILES string of the molecule is Cc1ccn2c(C3CCOCC3)nnc2c1. The third-order valence-electron chi connectivity index (χ3n) is 3.18. The first-order chi connectivity index (χ1) is 7.84. The normalized spacial score (nSPS) is 18.1. The lowest BCUT2D eigenvalue weighted by molar-refractivity contribution is 0.0834. The fourth-order valence-corrected chi connectivity index (χ4v) is 2.25. The summed E-state index contributed by atoms with van der Waals surface area (Å²) in [4.78, 5) is 0. The topological polar surface area (TPSA) is 39.4 Å². The molecule has 16 heavy (non-hydrogen) atoms. The van der Waals surface area contributed by atoms with E-state index in [0.29, 0.717) is 5.92 Å². The molecule has 0 N–H and O–H groups in total. The van der Waals surface area contributed by atoms with Crippen molar-refractivity contribution in [1.82, 2.24) is 14.6 Å². The van der Waals surface area contributed by atoms with Crippen molar-refractivity contribution in [3.63, 3.8) is 0 Å². The predicted octanol–water partition coefficient (Wildman–Crippen LogP) is 1.93. The van der Waals surface area contributed by atoms with Gasteiger partial charge in [0.1, 0.15) is 5.82 Å². The lowest BCUT2D eigenvalue weighted by Gasteiger charge is -2.20. The molecule has 4 nitrogen and oxygen atoms in total. The van der Waals surface area contributed by atoms with Crippen molar-refractivity contribution in [3.05, 3.63) is 29.7 Å². The Hall–Kier alpha value is -1.42. The third kappa shape index (κ3) is 1.59. The first-order valence-electron chi connectivity index (χ1n) is 5.73. The zero-order valence-corrected chi connectivity index (χ0v) is 9.39. The van der Waals surface area contributed by atoms with Gasteiger partial charge in [-0.2, -0.15) is 0 Å². The standard InChI is InChI=1S/C12H15N3O/c1-9-2-5-15-11(8-9)13-14-12(15)10-3-6-16-7-4-10/h2,5,8,10H,3-4,6-7H2,1H3. The van der Waals surface area contributed by atoms with Crippen LogP contribution in [0.3, 0.4) is 0 Å². The van der Waals surface area contributed by atoms with Gasteiger partial charge in [-0.25, -0.2) is 0 Å². The van der Waals surface area contributed by atoms with Crippen LogP contribution in [0, 0.1) is 6.92 Å². The largest absolute Gasteiger partial charge is 0.381 e. The quantitative estimate of drug-likeness (QED) is 0.732. The molecule has 0 saturated carbocycles. The molecule has 0 unspecified atom stereocenters. The second kappa shape index (κ2) is 3.87. The fraction of sp³-hybridized carbons (Fsp3) is 0.500. The number of hydrogen-bond acceptors (Lipinski definition) is 3. The molecule has 3 rings (SSSR count). The molecule has 2 aromatic rings. The van der Waals surface area contributed by atoms with Crippen molar-refractivity contribution < 1.29 is 4.74 Å². The number of fused-ring (bicyclic) bond motifs is 1. The Morgan fingerprint density at radius 1 is 1.31 bits per heavy atom. The first-order valence-corrected chi connectivity index (χ1v) is 5.73. The van der Waals surface area contributed by atoms with Crippen molar-refractivity contribution in [2.45, 2.75) is 25.7 Å². The highest BCUT2D eigenvalue weighted by atomic mass is 16.5. The summed E-state index contributed by atoms with van der Waals surface area (Å²) >= 11 is 0. The zero-order chi connectivity index (χ0) is 11.0. The van der Waals surface area contributed by atoms with Crippen LogP contribution >= 0.6 is 0 Å². The average molecular weight is 217 g/mol. The highest BCUT2D eigenvalue weighted by molar-refractivity contribution is 5.41. The number of aryl methyl sites for hydroxylation is 1. The summed E-state index contributed by atoms with van der Waals surface area (Å²) in [6.07, 6.45) is 4.17. The predicted molar refractivity (Wildman–Crippen MR) is 60.5 cm³/mol. The molecular weight excluding hydrogens is 202 g/mol. The molecule has 1 aliphatic rings. The third-order valence-corrected chi connectivity index (χ3v) is 3.18. The van der Waals surface area contributed by atoms with Gasteiger partial charge in [-0.3, -0.25) is 4.40 Å². The molecule has 1 fully saturated rings. The minimum Gasteiger partial charge on any atom is -0.381 e. The summed E-state index contributed by atoms with van der Waals surface area (Å²) in [5.41, 5.74) is 2.17. The Morgan fingerprint density at radius 3 is 2.94 bits per heavy atom. The molecule has 0 amide bonds. The van der Waals surface area contributed by atoms with Crippen LogP contribution in [0.25, 0.3) is 5.65 Å². The molecule has 2 aromatic heterocycles. The molecule has 1 saturated heterocycles. The fourth-order valence-electron chi connectivity index (χ4n) is 2.25. The maximum atomic E-state index is 5.37. The molecular formula is C12H15N3O. The van der Waals surface area contributed by atoms with Gasteiger partial charge in [-0.1, -0.05) is 0 Å². The summed E-state index contributed by atoms with van der Waals surface area (Å²) in [6, 6.07) is 4.16. The summed E-state index contributed by atoms with van der Waals surface area (Å²) in [6.45, 7) is 3.75. The molecule has 3 heterocycles. The number of ether oxygens (including phenoxy) is 1. The second-order valence-electron chi connectivity index (χ2n) is 4.38. The molecule has 0 aromatic carbocycles. The van der Waals surface area contributed by atoms with E-state index in [-0.39, 0.29) is 0 Å². The van der Waals surface area contributed by atoms with Crippen LogP contribution in [-0.2, 0) is 4.74 Å². The van der Waals surface area contributed by atoms with E-state index in [1.165, 1.54) is 5.56 Å². The van der Waals surface area contributed by atoms with E-state index in [2.05, 4.69) is 39.9 Å². The Balaban J connectivity index is 2.03. The number of pyridine rings is 1. The van der Waals surface area contributed by atoms with Gasteiger partial charge >= 0.3 is 0 Å². The zero-order valence-electron chi connectivity index (χ0n) is 9.39. The Kier molecular flexibility index (Phi) is 2.36. The summed E-state index contributed by atoms with van der Waals surface area (Å²) in [5, 5.41) is 8.54. The van der Waals surface area contributed by atoms with Gasteiger partial charge in [0.25, 0.3) is 0 Å². The lowest BCUT2D eigenvalue weighted by atomic mass is 9.99. The van der Waals surface area contributed by atoms with Crippen LogP contribution in [0.15, 0.2) is 18.3 Å². The van der Waals surface area contributed by atoms with Crippen LogP contribution in [0.2, 0.25) is 0 Å². The van der Waals surface area contributed by atoms with Gasteiger partial charge in [0.2, 0.25) is 0 Å². The summed E-state index contributed by atoms with van der Waals surface area (Å²) in [7, 11) is 0. The maximum Gasteiger partial charge on any atom is 0.161 e. The summed E-state index contributed by atoms with van der Waals surface area (Å²) < 4.78 is 7.47. The molecule has 0 atom stereocenters. The van der Waals surface area contributed by atoms with Crippen molar-refractivity contribution in [3.8, 4) is 0 Å². The monoisotopic (exact) mass is 217 g/mol. The Morgan fingerprint density at radius 2 is 2.12 bits per heavy atom. The molecule has 1 aliphatic heterocycles. The van der Waals surface area contributed by atoms with Crippen molar-refractivity contribution in [2.75, 3.05) is 13.2 Å². The molecule has 0 radical (unpaired) electrons. The number of rotatable bonds is 1. The van der Waals surface area contributed by atoms with E-state index in [9.17, 15) is 0 Å². The van der Waals surface area contributed by atoms with E-state index in [1.807, 2.05) is 0 Å². The van der Waals surface area contributed by atoms with Crippen LogP contribution < -0.4 is 0 Å². The average Bonchev–Trinajstić information content (AvgIpc) is 2.73. The van der Waals surface area contributed by atoms with Crippen LogP contribution in [-0.4, -0.2) is 27.8 Å². The molecule has 84 valence electrons. The smallest absolute Gasteiger partial charge is 0.161 e. The molecule has 0 aliphatic carbocycles. The molecule has 0 spiro atoms. The van der Waals surface area contributed by atoms with E-state index in [0.717, 1.165) is 37.5 Å². The minimum atomic E-state index is 0.492. The number of hydrogen-bond donors (Lipinski definition) is 0. The van der Waals surface area contributed by atoms with E-state index in [1.54, 1.807) is 0 Å². The highest BCUT2D eigenvalue weighted by Crippen LogP contribution is 2.25. The molecule has 0 bridgehead atoms. The van der Waals surface area contributed by atoms with Gasteiger partial charge < -0.3 is 4.74 Å². The highest BCUT2D eigenvalue weighted by Gasteiger charge is 2.20. The molecule has 4 heteroatoms. The maximum absolute atomic E-state index is 5.37. The number of nitrogens with zero attached hydrogens (tertiary/aromatic N) is 3. The summed E-state index contributed by atoms with van der Waals surface area (Å²) in [5.74, 6) is 1.57. The second-order valence-corrected chi connectivity index (χ2v) is 4.38. The Bertz CT molecular complexity index is 500. The number of aromatic nitrogens is 3. The lowest BCUT2D eigenvalue weighted by Crippen LogP contribution is -2.16. The van der Waals surface area contributed by atoms with E-state index >= 15 is 0 Å². The van der Waals surface area contributed by atoms with Crippen molar-refractivity contribution in [2.24, 2.45) is 0 Å². The minimum absolute atomic E-state index is 0.492.